The summed E-state index contributed by atoms with van der Waals surface area (Å²) in [7, 11) is 0. The topological polar surface area (TPSA) is 95.9 Å². The summed E-state index contributed by atoms with van der Waals surface area (Å²) in [6, 6.07) is 17.0. The summed E-state index contributed by atoms with van der Waals surface area (Å²) in [5.41, 5.74) is 1.80. The maximum absolute atomic E-state index is 12.7. The number of carboxylic acid groups (broad SMARTS) is 1. The molecule has 2 aromatic carbocycles. The largest absolute Gasteiger partial charge is 0.480 e. The minimum atomic E-state index is -1.12. The quantitative estimate of drug-likeness (QED) is 0.679. The van der Waals surface area contributed by atoms with Gasteiger partial charge in [0.05, 0.1) is 0 Å². The fourth-order valence-corrected chi connectivity index (χ4v) is 3.45. The van der Waals surface area contributed by atoms with Crippen molar-refractivity contribution in [3.05, 3.63) is 77.9 Å². The molecular weight excluding hydrogens is 396 g/mol. The van der Waals surface area contributed by atoms with E-state index in [0.717, 1.165) is 11.1 Å². The van der Waals surface area contributed by atoms with Crippen molar-refractivity contribution in [1.29, 1.82) is 0 Å². The fourth-order valence-electron chi connectivity index (χ4n) is 3.45. The molecule has 1 aliphatic heterocycles. The predicted molar refractivity (Wildman–Crippen MR) is 116 cm³/mol. The van der Waals surface area contributed by atoms with Crippen LogP contribution in [0.2, 0.25) is 0 Å². The van der Waals surface area contributed by atoms with Gasteiger partial charge in [0.1, 0.15) is 18.7 Å². The molecule has 0 spiro atoms. The molecule has 0 saturated carbocycles. The number of aliphatic carboxylic acids is 1. The van der Waals surface area contributed by atoms with Gasteiger partial charge in [0, 0.05) is 6.54 Å². The van der Waals surface area contributed by atoms with Crippen LogP contribution in [-0.4, -0.2) is 46.6 Å². The van der Waals surface area contributed by atoms with E-state index >= 15 is 0 Å². The molecule has 1 heterocycles. The van der Waals surface area contributed by atoms with Crippen LogP contribution < -0.4 is 5.32 Å². The second kappa shape index (κ2) is 11.0. The zero-order valence-corrected chi connectivity index (χ0v) is 17.1. The Hall–Kier alpha value is -3.61. The highest BCUT2D eigenvalue weighted by Gasteiger charge is 2.36. The number of carbonyl (C=O) groups excluding carboxylic acids is 2. The van der Waals surface area contributed by atoms with Crippen molar-refractivity contribution in [2.75, 3.05) is 6.54 Å². The third-order valence-corrected chi connectivity index (χ3v) is 5.09. The van der Waals surface area contributed by atoms with E-state index in [4.69, 9.17) is 4.74 Å². The van der Waals surface area contributed by atoms with Gasteiger partial charge in [-0.05, 0) is 30.4 Å². The van der Waals surface area contributed by atoms with Crippen LogP contribution in [0.4, 0.5) is 4.79 Å². The Morgan fingerprint density at radius 1 is 1.10 bits per heavy atom. The average Bonchev–Trinajstić information content (AvgIpc) is 3.28. The monoisotopic (exact) mass is 422 g/mol. The van der Waals surface area contributed by atoms with Crippen molar-refractivity contribution in [1.82, 2.24) is 10.2 Å². The third-order valence-electron chi connectivity index (χ3n) is 5.09. The minimum absolute atomic E-state index is 0.118. The van der Waals surface area contributed by atoms with E-state index in [2.05, 4.69) is 5.32 Å². The Bertz CT molecular complexity index is 914. The number of carboxylic acids is 1. The van der Waals surface area contributed by atoms with Crippen molar-refractivity contribution in [3.8, 4) is 0 Å². The summed E-state index contributed by atoms with van der Waals surface area (Å²) < 4.78 is 5.34. The summed E-state index contributed by atoms with van der Waals surface area (Å²) in [6.07, 6.45) is 4.22. The minimum Gasteiger partial charge on any atom is -0.480 e. The molecule has 0 aliphatic carbocycles. The Balaban J connectivity index is 1.55. The maximum Gasteiger partial charge on any atom is 0.410 e. The zero-order chi connectivity index (χ0) is 22.1. The molecule has 1 saturated heterocycles. The molecule has 162 valence electrons. The number of hydrogen-bond donors (Lipinski definition) is 2. The van der Waals surface area contributed by atoms with E-state index in [0.29, 0.717) is 19.4 Å². The predicted octanol–water partition coefficient (Wildman–Crippen LogP) is 3.46. The smallest absolute Gasteiger partial charge is 0.410 e. The van der Waals surface area contributed by atoms with E-state index < -0.39 is 30.1 Å². The van der Waals surface area contributed by atoms with Gasteiger partial charge in [-0.15, -0.1) is 0 Å². The van der Waals surface area contributed by atoms with E-state index in [9.17, 15) is 19.5 Å². The molecule has 0 bridgehead atoms. The molecule has 7 nitrogen and oxygen atoms in total. The summed E-state index contributed by atoms with van der Waals surface area (Å²) in [5, 5.41) is 12.1. The number of rotatable bonds is 8. The lowest BCUT2D eigenvalue weighted by Crippen LogP contribution is -2.50. The van der Waals surface area contributed by atoms with Gasteiger partial charge in [-0.1, -0.05) is 72.8 Å². The second-order valence-corrected chi connectivity index (χ2v) is 7.34. The zero-order valence-electron chi connectivity index (χ0n) is 17.1. The lowest BCUT2D eigenvalue weighted by atomic mass is 10.1. The number of carbonyl (C=O) groups is 3. The molecule has 3 rings (SSSR count). The molecule has 31 heavy (non-hydrogen) atoms. The van der Waals surface area contributed by atoms with E-state index in [1.165, 1.54) is 4.90 Å². The Morgan fingerprint density at radius 3 is 2.45 bits per heavy atom. The van der Waals surface area contributed by atoms with Crippen molar-refractivity contribution >= 4 is 24.0 Å². The number of hydrogen-bond acceptors (Lipinski definition) is 4. The molecule has 2 aromatic rings. The fraction of sp³-hybridized carbons (Fsp3) is 0.292. The first-order valence-electron chi connectivity index (χ1n) is 10.3. The first-order valence-corrected chi connectivity index (χ1v) is 10.3. The van der Waals surface area contributed by atoms with Gasteiger partial charge in [0.25, 0.3) is 0 Å². The van der Waals surface area contributed by atoms with Crippen LogP contribution >= 0.6 is 0 Å². The van der Waals surface area contributed by atoms with Crippen LogP contribution in [-0.2, 0) is 20.9 Å². The van der Waals surface area contributed by atoms with Gasteiger partial charge in [0.15, 0.2) is 0 Å². The van der Waals surface area contributed by atoms with Gasteiger partial charge < -0.3 is 15.2 Å². The van der Waals surface area contributed by atoms with Crippen molar-refractivity contribution in [2.24, 2.45) is 0 Å². The summed E-state index contributed by atoms with van der Waals surface area (Å²) in [6.45, 7) is 0.518. The molecule has 1 fully saturated rings. The summed E-state index contributed by atoms with van der Waals surface area (Å²) in [4.78, 5) is 38.2. The maximum atomic E-state index is 12.7. The van der Waals surface area contributed by atoms with E-state index in [-0.39, 0.29) is 13.0 Å². The van der Waals surface area contributed by atoms with E-state index in [1.807, 2.05) is 66.7 Å². The Labute approximate surface area is 181 Å². The number of likely N-dealkylation sites (tertiary alicyclic amines) is 1. The number of ether oxygens (including phenoxy) is 1. The first-order chi connectivity index (χ1) is 15.0. The summed E-state index contributed by atoms with van der Waals surface area (Å²) >= 11 is 0. The highest BCUT2D eigenvalue weighted by Crippen LogP contribution is 2.19. The molecule has 7 heteroatoms. The number of nitrogens with one attached hydrogen (secondary N) is 1. The molecule has 2 amide bonds. The van der Waals surface area contributed by atoms with Crippen molar-refractivity contribution in [3.63, 3.8) is 0 Å². The Kier molecular flexibility index (Phi) is 7.81. The van der Waals surface area contributed by atoms with Crippen molar-refractivity contribution < 1.29 is 24.2 Å². The molecule has 0 aromatic heterocycles. The Morgan fingerprint density at radius 2 is 1.77 bits per heavy atom. The molecule has 1 aliphatic rings. The van der Waals surface area contributed by atoms with Gasteiger partial charge >= 0.3 is 12.1 Å². The average molecular weight is 422 g/mol. The van der Waals surface area contributed by atoms with Crippen LogP contribution in [0.25, 0.3) is 6.08 Å². The lowest BCUT2D eigenvalue weighted by Gasteiger charge is -2.24. The van der Waals surface area contributed by atoms with Gasteiger partial charge in [-0.2, -0.15) is 0 Å². The second-order valence-electron chi connectivity index (χ2n) is 7.34. The van der Waals surface area contributed by atoms with Crippen LogP contribution in [0, 0.1) is 0 Å². The van der Waals surface area contributed by atoms with Crippen LogP contribution in [0.15, 0.2) is 66.7 Å². The SMILES string of the molecule is O=C(N[C@H](C/C=C/c1ccccc1)C(=O)O)[C@H]1CCCN1C(=O)OCc1ccccc1. The third kappa shape index (κ3) is 6.44. The van der Waals surface area contributed by atoms with Crippen LogP contribution in [0.1, 0.15) is 30.4 Å². The molecule has 0 unspecified atom stereocenters. The molecule has 2 atom stereocenters. The number of nitrogens with zero attached hydrogens (tertiary/aromatic N) is 1. The summed E-state index contributed by atoms with van der Waals surface area (Å²) in [5.74, 6) is -1.60. The van der Waals surface area contributed by atoms with Crippen LogP contribution in [0.5, 0.6) is 0 Å². The van der Waals surface area contributed by atoms with Gasteiger partial charge in [-0.25, -0.2) is 9.59 Å². The molecular formula is C24H26N2O5. The first kappa shape index (κ1) is 22.1. The number of amides is 2. The highest BCUT2D eigenvalue weighted by molar-refractivity contribution is 5.89. The normalized spacial score (nSPS) is 16.8. The van der Waals surface area contributed by atoms with Gasteiger partial charge in [-0.3, -0.25) is 9.69 Å². The lowest BCUT2D eigenvalue weighted by molar-refractivity contribution is -0.142. The van der Waals surface area contributed by atoms with Crippen LogP contribution in [0.3, 0.4) is 0 Å². The number of benzene rings is 2. The molecule has 2 N–H and O–H groups in total. The highest BCUT2D eigenvalue weighted by atomic mass is 16.6. The van der Waals surface area contributed by atoms with Crippen molar-refractivity contribution in [2.45, 2.75) is 38.0 Å². The van der Waals surface area contributed by atoms with E-state index in [1.54, 1.807) is 6.08 Å². The van der Waals surface area contributed by atoms with Gasteiger partial charge in [0.2, 0.25) is 5.91 Å². The standard InChI is InChI=1S/C24H26N2O5/c27-22(25-20(23(28)29)14-7-13-18-9-3-1-4-10-18)21-15-8-16-26(21)24(30)31-17-19-11-5-2-6-12-19/h1-7,9-13,20-21H,8,14-17H2,(H,25,27)(H,28,29)/b13-7+/t20-,21-/m1/s1. The molecule has 0 radical (unpaired) electrons.